The molecule has 0 aliphatic heterocycles. The van der Waals surface area contributed by atoms with Crippen molar-refractivity contribution in [2.24, 2.45) is 5.10 Å². The van der Waals surface area contributed by atoms with Crippen molar-refractivity contribution in [3.8, 4) is 5.75 Å². The summed E-state index contributed by atoms with van der Waals surface area (Å²) in [6.07, 6.45) is 4.45. The lowest BCUT2D eigenvalue weighted by Crippen LogP contribution is -2.17. The summed E-state index contributed by atoms with van der Waals surface area (Å²) in [4.78, 5) is 15.6. The van der Waals surface area contributed by atoms with Crippen molar-refractivity contribution >= 4 is 57.3 Å². The van der Waals surface area contributed by atoms with E-state index in [0.717, 1.165) is 7.14 Å². The lowest BCUT2D eigenvalue weighted by molar-refractivity contribution is 0.0954. The number of carbonyl (C=O) groups excluding carboxylic acids is 1. The summed E-state index contributed by atoms with van der Waals surface area (Å²) in [5.41, 5.74) is 3.36. The minimum atomic E-state index is -0.353. The smallest absolute Gasteiger partial charge is 0.272 e. The molecule has 0 aliphatic rings. The summed E-state index contributed by atoms with van der Waals surface area (Å²) < 4.78 is 1.71. The number of halogens is 2. The molecule has 0 saturated heterocycles. The fraction of sp³-hybridized carbons (Fsp3) is 0. The Labute approximate surface area is 142 Å². The molecule has 1 aromatic carbocycles. The molecule has 2 rings (SSSR count). The van der Waals surface area contributed by atoms with Gasteiger partial charge in [0.25, 0.3) is 5.91 Å². The summed E-state index contributed by atoms with van der Waals surface area (Å²) in [6.45, 7) is 0. The van der Waals surface area contributed by atoms with Crippen LogP contribution in [0.2, 0.25) is 0 Å². The van der Waals surface area contributed by atoms with Crippen LogP contribution < -0.4 is 5.43 Å². The second-order valence-corrected chi connectivity index (χ2v) is 6.17. The summed E-state index contributed by atoms with van der Waals surface area (Å²) in [5.74, 6) is -0.209. The topological polar surface area (TPSA) is 74.6 Å². The van der Waals surface area contributed by atoms with E-state index in [4.69, 9.17) is 0 Å². The van der Waals surface area contributed by atoms with E-state index in [0.29, 0.717) is 11.1 Å². The van der Waals surface area contributed by atoms with Gasteiger partial charge in [0.1, 0.15) is 5.75 Å². The summed E-state index contributed by atoms with van der Waals surface area (Å²) in [7, 11) is 0. The first-order valence-corrected chi connectivity index (χ1v) is 7.65. The molecule has 0 spiro atoms. The zero-order chi connectivity index (χ0) is 14.5. The number of hydrogen-bond donors (Lipinski definition) is 2. The second-order valence-electron chi connectivity index (χ2n) is 3.77. The highest BCUT2D eigenvalue weighted by atomic mass is 127. The van der Waals surface area contributed by atoms with E-state index >= 15 is 0 Å². The van der Waals surface area contributed by atoms with Crippen LogP contribution in [0.15, 0.2) is 41.8 Å². The molecule has 102 valence electrons. The lowest BCUT2D eigenvalue weighted by Gasteiger charge is -2.03. The Morgan fingerprint density at radius 3 is 2.90 bits per heavy atom. The molecule has 0 saturated carbocycles. The van der Waals surface area contributed by atoms with Crippen molar-refractivity contribution < 1.29 is 9.90 Å². The van der Waals surface area contributed by atoms with Gasteiger partial charge in [0, 0.05) is 21.5 Å². The Bertz CT molecular complexity index is 660. The van der Waals surface area contributed by atoms with E-state index in [-0.39, 0.29) is 11.7 Å². The summed E-state index contributed by atoms with van der Waals surface area (Å²) in [6, 6.07) is 6.94. The number of hydrazone groups is 1. The van der Waals surface area contributed by atoms with E-state index < -0.39 is 0 Å². The Balaban J connectivity index is 2.10. The van der Waals surface area contributed by atoms with Crippen molar-refractivity contribution in [1.82, 2.24) is 10.4 Å². The van der Waals surface area contributed by atoms with Crippen LogP contribution in [0.4, 0.5) is 0 Å². The Kier molecular flexibility index (Phi) is 5.29. The maximum Gasteiger partial charge on any atom is 0.272 e. The number of aromatic hydroxyl groups is 1. The van der Waals surface area contributed by atoms with Gasteiger partial charge in [-0.05, 0) is 69.4 Å². The Morgan fingerprint density at radius 2 is 2.20 bits per heavy atom. The molecule has 1 heterocycles. The van der Waals surface area contributed by atoms with E-state index in [1.165, 1.54) is 12.4 Å². The number of nitrogens with zero attached hydrogens (tertiary/aromatic N) is 2. The minimum Gasteiger partial charge on any atom is -0.506 e. The molecule has 0 unspecified atom stereocenters. The van der Waals surface area contributed by atoms with Gasteiger partial charge >= 0.3 is 0 Å². The van der Waals surface area contributed by atoms with Crippen LogP contribution in [0.3, 0.4) is 0 Å². The minimum absolute atomic E-state index is 0.144. The highest BCUT2D eigenvalue weighted by Gasteiger charge is 2.06. The van der Waals surface area contributed by atoms with E-state index in [9.17, 15) is 9.90 Å². The normalized spacial score (nSPS) is 10.7. The second kappa shape index (κ2) is 6.97. The van der Waals surface area contributed by atoms with Crippen LogP contribution in [0.1, 0.15) is 15.9 Å². The van der Waals surface area contributed by atoms with Crippen molar-refractivity contribution in [2.45, 2.75) is 0 Å². The number of rotatable bonds is 3. The molecule has 0 fully saturated rings. The van der Waals surface area contributed by atoms with Gasteiger partial charge in [-0.15, -0.1) is 0 Å². The molecule has 2 N–H and O–H groups in total. The fourth-order valence-corrected chi connectivity index (χ4v) is 3.30. The molecule has 1 amide bonds. The quantitative estimate of drug-likeness (QED) is 0.393. The van der Waals surface area contributed by atoms with E-state index in [1.807, 2.05) is 28.7 Å². The highest BCUT2D eigenvalue weighted by Crippen LogP contribution is 2.25. The SMILES string of the molecule is O=C(N/N=C\c1cc(I)cc(I)c1O)c1cccnc1. The third-order valence-corrected chi connectivity index (χ3v) is 3.80. The van der Waals surface area contributed by atoms with Gasteiger partial charge in [-0.3, -0.25) is 9.78 Å². The van der Waals surface area contributed by atoms with E-state index in [1.54, 1.807) is 24.4 Å². The average molecular weight is 493 g/mol. The standard InChI is InChI=1S/C13H9I2N3O2/c14-10-4-9(12(19)11(15)5-10)7-17-18-13(20)8-2-1-3-16-6-8/h1-7,19H,(H,18,20)/b17-7-. The van der Waals surface area contributed by atoms with Gasteiger partial charge in [0.05, 0.1) is 15.3 Å². The zero-order valence-electron chi connectivity index (χ0n) is 10.0. The van der Waals surface area contributed by atoms with Crippen LogP contribution in [0.5, 0.6) is 5.75 Å². The lowest BCUT2D eigenvalue weighted by atomic mass is 10.2. The first-order chi connectivity index (χ1) is 9.58. The largest absolute Gasteiger partial charge is 0.506 e. The van der Waals surface area contributed by atoms with Crippen LogP contribution in [-0.4, -0.2) is 22.2 Å². The van der Waals surface area contributed by atoms with Crippen molar-refractivity contribution in [2.75, 3.05) is 0 Å². The third kappa shape index (κ3) is 3.88. The molecule has 0 atom stereocenters. The number of amides is 1. The van der Waals surface area contributed by atoms with Gasteiger partial charge < -0.3 is 5.11 Å². The van der Waals surface area contributed by atoms with Crippen molar-refractivity contribution in [3.05, 3.63) is 54.9 Å². The van der Waals surface area contributed by atoms with Crippen LogP contribution in [-0.2, 0) is 0 Å². The molecule has 1 aromatic heterocycles. The maximum atomic E-state index is 11.7. The molecule has 0 radical (unpaired) electrons. The molecule has 2 aromatic rings. The highest BCUT2D eigenvalue weighted by molar-refractivity contribution is 14.1. The molecule has 20 heavy (non-hydrogen) atoms. The van der Waals surface area contributed by atoms with Crippen LogP contribution >= 0.6 is 45.2 Å². The number of phenols is 1. The molecule has 0 bridgehead atoms. The summed E-state index contributed by atoms with van der Waals surface area (Å²) in [5, 5.41) is 13.7. The first-order valence-electron chi connectivity index (χ1n) is 5.49. The molecule has 5 nitrogen and oxygen atoms in total. The number of carbonyl (C=O) groups is 1. The molecular weight excluding hydrogens is 484 g/mol. The third-order valence-electron chi connectivity index (χ3n) is 2.35. The molecular formula is C13H9I2N3O2. The maximum absolute atomic E-state index is 11.7. The Morgan fingerprint density at radius 1 is 1.40 bits per heavy atom. The zero-order valence-corrected chi connectivity index (χ0v) is 14.4. The van der Waals surface area contributed by atoms with Crippen molar-refractivity contribution in [3.63, 3.8) is 0 Å². The van der Waals surface area contributed by atoms with Crippen molar-refractivity contribution in [1.29, 1.82) is 0 Å². The number of benzene rings is 1. The number of pyridine rings is 1. The van der Waals surface area contributed by atoms with Gasteiger partial charge in [0.2, 0.25) is 0 Å². The van der Waals surface area contributed by atoms with Gasteiger partial charge in [0.15, 0.2) is 0 Å². The van der Waals surface area contributed by atoms with Crippen LogP contribution in [0, 0.1) is 7.14 Å². The monoisotopic (exact) mass is 493 g/mol. The Hall–Kier alpha value is -1.23. The van der Waals surface area contributed by atoms with Crippen LogP contribution in [0.25, 0.3) is 0 Å². The van der Waals surface area contributed by atoms with Gasteiger partial charge in [-0.25, -0.2) is 5.43 Å². The first kappa shape index (κ1) is 15.2. The number of aromatic nitrogens is 1. The predicted octanol–water partition coefficient (Wildman–Crippen LogP) is 2.76. The number of nitrogens with one attached hydrogen (secondary N) is 1. The summed E-state index contributed by atoms with van der Waals surface area (Å²) >= 11 is 4.19. The van der Waals surface area contributed by atoms with Gasteiger partial charge in [-0.1, -0.05) is 0 Å². The van der Waals surface area contributed by atoms with Gasteiger partial charge in [-0.2, -0.15) is 5.10 Å². The van der Waals surface area contributed by atoms with E-state index in [2.05, 4.69) is 38.1 Å². The average Bonchev–Trinajstić information content (AvgIpc) is 2.44. The number of hydrogen-bond acceptors (Lipinski definition) is 4. The predicted molar refractivity (Wildman–Crippen MR) is 92.8 cm³/mol. The number of phenolic OH excluding ortho intramolecular Hbond substituents is 1. The molecule has 0 aliphatic carbocycles. The fourth-order valence-electron chi connectivity index (χ4n) is 1.41. The molecule has 7 heteroatoms.